The quantitative estimate of drug-likeness (QED) is 0.314. The van der Waals surface area contributed by atoms with Crippen molar-refractivity contribution >= 4 is 28.4 Å². The third-order valence-electron chi connectivity index (χ3n) is 5.55. The maximum absolute atomic E-state index is 13.9. The van der Waals surface area contributed by atoms with Gasteiger partial charge in [0.2, 0.25) is 12.4 Å². The molecule has 0 aliphatic carbocycles. The van der Waals surface area contributed by atoms with Crippen molar-refractivity contribution in [3.05, 3.63) is 77.0 Å². The number of H-pyrrole nitrogens is 1. The number of hydrogen-bond donors (Lipinski definition) is 2. The average molecular weight is 470 g/mol. The second-order valence-electron chi connectivity index (χ2n) is 7.69. The SMILES string of the molecule is CCOc1cc(C(=O)N(C)[C@@H](C)c2c[n+](O)cc3cn[nH]c23)ccc1-c1cc(F)cc(Cl)c1. The van der Waals surface area contributed by atoms with Crippen molar-refractivity contribution in [1.82, 2.24) is 15.1 Å². The van der Waals surface area contributed by atoms with Crippen LogP contribution in [0.2, 0.25) is 5.02 Å². The molecule has 0 fully saturated rings. The first kappa shape index (κ1) is 22.5. The number of fused-ring (bicyclic) bond motifs is 1. The van der Waals surface area contributed by atoms with Crippen molar-refractivity contribution in [1.29, 1.82) is 0 Å². The highest BCUT2D eigenvalue weighted by molar-refractivity contribution is 6.30. The lowest BCUT2D eigenvalue weighted by atomic mass is 10.0. The maximum atomic E-state index is 13.9. The van der Waals surface area contributed by atoms with E-state index in [2.05, 4.69) is 10.2 Å². The van der Waals surface area contributed by atoms with E-state index in [1.807, 2.05) is 13.8 Å². The molecule has 2 aromatic heterocycles. The summed E-state index contributed by atoms with van der Waals surface area (Å²) >= 11 is 6.02. The highest BCUT2D eigenvalue weighted by Crippen LogP contribution is 2.34. The Kier molecular flexibility index (Phi) is 6.20. The molecule has 2 N–H and O–H groups in total. The molecule has 9 heteroatoms. The third-order valence-corrected chi connectivity index (χ3v) is 5.77. The first-order chi connectivity index (χ1) is 15.8. The lowest BCUT2D eigenvalue weighted by Crippen LogP contribution is -2.34. The molecule has 0 saturated heterocycles. The third kappa shape index (κ3) is 4.47. The molecule has 4 rings (SSSR count). The fourth-order valence-corrected chi connectivity index (χ4v) is 4.02. The number of amides is 1. The normalized spacial score (nSPS) is 12.0. The summed E-state index contributed by atoms with van der Waals surface area (Å²) in [6, 6.07) is 8.91. The van der Waals surface area contributed by atoms with Gasteiger partial charge in [-0.1, -0.05) is 11.6 Å². The van der Waals surface area contributed by atoms with E-state index in [9.17, 15) is 14.4 Å². The standard InChI is InChI=1S/C24H22ClFN4O3/c1-4-33-22-9-15(5-6-20(22)16-7-18(25)10-19(26)8-16)24(31)29(3)14(2)21-13-30(32)12-17-11-27-28-23(17)21/h5-14,32H,4H2,1-3H3/p+1/t14-/m0/s1. The Morgan fingerprint density at radius 2 is 2.09 bits per heavy atom. The zero-order valence-electron chi connectivity index (χ0n) is 18.3. The van der Waals surface area contributed by atoms with Gasteiger partial charge >= 0.3 is 0 Å². The second kappa shape index (κ2) is 9.07. The molecule has 0 spiro atoms. The van der Waals surface area contributed by atoms with E-state index >= 15 is 0 Å². The van der Waals surface area contributed by atoms with Crippen LogP contribution in [0.15, 0.2) is 55.0 Å². The zero-order valence-corrected chi connectivity index (χ0v) is 19.1. The van der Waals surface area contributed by atoms with Crippen LogP contribution < -0.4 is 9.47 Å². The Morgan fingerprint density at radius 3 is 2.82 bits per heavy atom. The van der Waals surface area contributed by atoms with Crippen LogP contribution in [0.3, 0.4) is 0 Å². The first-order valence-electron chi connectivity index (χ1n) is 10.4. The van der Waals surface area contributed by atoms with E-state index < -0.39 is 5.82 Å². The summed E-state index contributed by atoms with van der Waals surface area (Å²) < 4.78 is 20.6. The molecule has 0 saturated carbocycles. The van der Waals surface area contributed by atoms with Gasteiger partial charge in [0.05, 0.1) is 35.3 Å². The van der Waals surface area contributed by atoms with Gasteiger partial charge in [0.1, 0.15) is 11.6 Å². The smallest absolute Gasteiger partial charge is 0.254 e. The molecule has 7 nitrogen and oxygen atoms in total. The highest BCUT2D eigenvalue weighted by Gasteiger charge is 2.25. The zero-order chi connectivity index (χ0) is 23.7. The fourth-order valence-electron chi connectivity index (χ4n) is 3.79. The number of benzene rings is 2. The van der Waals surface area contributed by atoms with Gasteiger partial charge in [-0.2, -0.15) is 5.10 Å². The number of halogens is 2. The summed E-state index contributed by atoms with van der Waals surface area (Å²) in [4.78, 5) is 14.9. The number of aromatic nitrogens is 3. The summed E-state index contributed by atoms with van der Waals surface area (Å²) in [6.45, 7) is 4.07. The number of aromatic amines is 1. The van der Waals surface area contributed by atoms with Gasteiger partial charge < -0.3 is 9.64 Å². The van der Waals surface area contributed by atoms with Crippen LogP contribution in [0, 0.1) is 5.82 Å². The molecule has 0 bridgehead atoms. The number of hydrogen-bond acceptors (Lipinski definition) is 4. The first-order valence-corrected chi connectivity index (χ1v) is 10.7. The van der Waals surface area contributed by atoms with Gasteiger partial charge in [-0.3, -0.25) is 15.1 Å². The Morgan fingerprint density at radius 1 is 1.30 bits per heavy atom. The van der Waals surface area contributed by atoms with Crippen molar-refractivity contribution < 1.29 is 23.9 Å². The predicted octanol–water partition coefficient (Wildman–Crippen LogP) is 4.78. The molecule has 4 aromatic rings. The van der Waals surface area contributed by atoms with Crippen LogP contribution in [0.5, 0.6) is 5.75 Å². The van der Waals surface area contributed by atoms with Crippen molar-refractivity contribution in [2.45, 2.75) is 19.9 Å². The fraction of sp³-hybridized carbons (Fsp3) is 0.208. The minimum absolute atomic E-state index is 0.242. The Labute approximate surface area is 194 Å². The molecule has 2 aromatic carbocycles. The van der Waals surface area contributed by atoms with E-state index in [4.69, 9.17) is 16.3 Å². The molecule has 33 heavy (non-hydrogen) atoms. The van der Waals surface area contributed by atoms with E-state index in [-0.39, 0.29) is 17.0 Å². The maximum Gasteiger partial charge on any atom is 0.254 e. The number of ether oxygens (including phenoxy) is 1. The van der Waals surface area contributed by atoms with Crippen LogP contribution in [-0.2, 0) is 0 Å². The van der Waals surface area contributed by atoms with Crippen molar-refractivity contribution in [2.75, 3.05) is 13.7 Å². The molecule has 170 valence electrons. The monoisotopic (exact) mass is 469 g/mol. The van der Waals surface area contributed by atoms with E-state index in [1.165, 1.54) is 24.5 Å². The molecule has 0 unspecified atom stereocenters. The van der Waals surface area contributed by atoms with Crippen LogP contribution in [0.25, 0.3) is 22.0 Å². The molecule has 0 radical (unpaired) electrons. The number of pyridine rings is 1. The number of rotatable bonds is 6. The predicted molar refractivity (Wildman–Crippen MR) is 122 cm³/mol. The topological polar surface area (TPSA) is 82.3 Å². The Balaban J connectivity index is 1.68. The summed E-state index contributed by atoms with van der Waals surface area (Å²) in [5.41, 5.74) is 3.05. The largest absolute Gasteiger partial charge is 0.493 e. The number of nitrogens with zero attached hydrogens (tertiary/aromatic N) is 3. The lowest BCUT2D eigenvalue weighted by Gasteiger charge is -2.25. The molecule has 1 atom stereocenters. The van der Waals surface area contributed by atoms with E-state index in [1.54, 1.807) is 42.4 Å². The number of carbonyl (C=O) groups excluding carboxylic acids is 1. The van der Waals surface area contributed by atoms with Crippen molar-refractivity contribution in [3.8, 4) is 16.9 Å². The van der Waals surface area contributed by atoms with Gasteiger partial charge in [0.15, 0.2) is 0 Å². The summed E-state index contributed by atoms with van der Waals surface area (Å²) in [5, 5.41) is 17.9. The molecular weight excluding hydrogens is 447 g/mol. The van der Waals surface area contributed by atoms with Crippen LogP contribution in [0.1, 0.15) is 35.8 Å². The summed E-state index contributed by atoms with van der Waals surface area (Å²) in [5.74, 6) is -0.244. The van der Waals surface area contributed by atoms with Gasteiger partial charge in [-0.25, -0.2) is 4.39 Å². The van der Waals surface area contributed by atoms with Crippen LogP contribution in [0.4, 0.5) is 4.39 Å². The average Bonchev–Trinajstić information content (AvgIpc) is 3.25. The Bertz CT molecular complexity index is 1320. The van der Waals surface area contributed by atoms with E-state index in [0.29, 0.717) is 34.6 Å². The van der Waals surface area contributed by atoms with Crippen molar-refractivity contribution in [3.63, 3.8) is 0 Å². The lowest BCUT2D eigenvalue weighted by molar-refractivity contribution is -0.904. The van der Waals surface area contributed by atoms with Crippen LogP contribution >= 0.6 is 11.6 Å². The minimum atomic E-state index is -0.456. The molecular formula is C24H23ClFN4O3+. The van der Waals surface area contributed by atoms with Gasteiger partial charge in [0.25, 0.3) is 5.91 Å². The van der Waals surface area contributed by atoms with Gasteiger partial charge in [-0.05, 0) is 55.8 Å². The van der Waals surface area contributed by atoms with Gasteiger partial charge in [-0.15, -0.1) is 0 Å². The number of carbonyl (C=O) groups is 1. The minimum Gasteiger partial charge on any atom is -0.493 e. The Hall–Kier alpha value is -3.65. The van der Waals surface area contributed by atoms with Crippen molar-refractivity contribution in [2.24, 2.45) is 0 Å². The number of nitrogens with one attached hydrogen (secondary N) is 1. The van der Waals surface area contributed by atoms with E-state index in [0.717, 1.165) is 15.6 Å². The summed E-state index contributed by atoms with van der Waals surface area (Å²) in [6.07, 6.45) is 4.67. The van der Waals surface area contributed by atoms with Crippen LogP contribution in [-0.4, -0.2) is 39.9 Å². The molecule has 2 heterocycles. The molecule has 0 aliphatic heterocycles. The van der Waals surface area contributed by atoms with Gasteiger partial charge in [0, 0.05) is 27.9 Å². The molecule has 1 amide bonds. The molecule has 0 aliphatic rings. The second-order valence-corrected chi connectivity index (χ2v) is 8.12. The highest BCUT2D eigenvalue weighted by atomic mass is 35.5. The summed E-state index contributed by atoms with van der Waals surface area (Å²) in [7, 11) is 1.69.